The number of nitrogens with one attached hydrogen (secondary N) is 2. The number of fused-ring (bicyclic) bond motifs is 2. The van der Waals surface area contributed by atoms with Crippen LogP contribution in [0.3, 0.4) is 0 Å². The van der Waals surface area contributed by atoms with Crippen molar-refractivity contribution < 1.29 is 9.90 Å². The number of hydrogen-bond donors (Lipinski definition) is 3. The number of amidine groups is 1. The SMILES string of the molecule is CC(C)n1ccc2c1NCN(c1ccc3c(C(=O)O)cccc3c1)C2=N. The first-order valence-electron chi connectivity index (χ1n) is 8.54. The van der Waals surface area contributed by atoms with Gasteiger partial charge in [0.1, 0.15) is 11.7 Å². The zero-order valence-corrected chi connectivity index (χ0v) is 14.7. The van der Waals surface area contributed by atoms with E-state index in [9.17, 15) is 9.90 Å². The second-order valence-electron chi connectivity index (χ2n) is 6.71. The number of benzene rings is 2. The Morgan fingerprint density at radius 2 is 2.04 bits per heavy atom. The van der Waals surface area contributed by atoms with Crippen LogP contribution in [-0.2, 0) is 0 Å². The van der Waals surface area contributed by atoms with Crippen LogP contribution in [0.1, 0.15) is 35.8 Å². The molecule has 1 aliphatic heterocycles. The Kier molecular flexibility index (Phi) is 3.68. The third-order valence-corrected chi connectivity index (χ3v) is 4.81. The molecular weight excluding hydrogens is 328 g/mol. The molecule has 3 N–H and O–H groups in total. The van der Waals surface area contributed by atoms with Gasteiger partial charge in [0.05, 0.1) is 17.8 Å². The summed E-state index contributed by atoms with van der Waals surface area (Å²) in [5, 5.41) is 22.9. The molecule has 0 unspecified atom stereocenters. The molecule has 0 radical (unpaired) electrons. The molecule has 0 amide bonds. The lowest BCUT2D eigenvalue weighted by molar-refractivity contribution is 0.0699. The van der Waals surface area contributed by atoms with Crippen molar-refractivity contribution in [2.75, 3.05) is 16.9 Å². The van der Waals surface area contributed by atoms with Gasteiger partial charge in [0, 0.05) is 17.9 Å². The molecule has 6 nitrogen and oxygen atoms in total. The molecule has 2 aromatic carbocycles. The number of aromatic nitrogens is 1. The number of hydrogen-bond acceptors (Lipinski definition) is 3. The van der Waals surface area contributed by atoms with Crippen molar-refractivity contribution in [2.45, 2.75) is 19.9 Å². The monoisotopic (exact) mass is 348 g/mol. The van der Waals surface area contributed by atoms with Crippen molar-refractivity contribution in [1.29, 1.82) is 5.41 Å². The zero-order valence-electron chi connectivity index (χ0n) is 14.7. The van der Waals surface area contributed by atoms with Gasteiger partial charge in [-0.25, -0.2) is 4.79 Å². The van der Waals surface area contributed by atoms with E-state index in [-0.39, 0.29) is 5.56 Å². The molecule has 0 bridgehead atoms. The van der Waals surface area contributed by atoms with Crippen molar-refractivity contribution in [2.24, 2.45) is 0 Å². The van der Waals surface area contributed by atoms with Gasteiger partial charge in [-0.3, -0.25) is 5.41 Å². The van der Waals surface area contributed by atoms with Crippen LogP contribution >= 0.6 is 0 Å². The lowest BCUT2D eigenvalue weighted by Crippen LogP contribution is -2.40. The van der Waals surface area contributed by atoms with Gasteiger partial charge in [0.25, 0.3) is 0 Å². The van der Waals surface area contributed by atoms with Gasteiger partial charge in [-0.2, -0.15) is 0 Å². The van der Waals surface area contributed by atoms with Crippen LogP contribution < -0.4 is 10.2 Å². The highest BCUT2D eigenvalue weighted by atomic mass is 16.4. The molecule has 6 heteroatoms. The quantitative estimate of drug-likeness (QED) is 0.664. The lowest BCUT2D eigenvalue weighted by atomic mass is 10.0. The van der Waals surface area contributed by atoms with Gasteiger partial charge in [-0.05, 0) is 48.9 Å². The predicted molar refractivity (Wildman–Crippen MR) is 104 cm³/mol. The minimum atomic E-state index is -0.935. The highest BCUT2D eigenvalue weighted by molar-refractivity contribution is 6.13. The minimum absolute atomic E-state index is 0.289. The summed E-state index contributed by atoms with van der Waals surface area (Å²) in [6, 6.07) is 13.1. The van der Waals surface area contributed by atoms with Crippen LogP contribution in [0, 0.1) is 5.41 Å². The van der Waals surface area contributed by atoms with E-state index in [4.69, 9.17) is 5.41 Å². The molecule has 2 heterocycles. The van der Waals surface area contributed by atoms with Crippen LogP contribution in [0.15, 0.2) is 48.7 Å². The van der Waals surface area contributed by atoms with Gasteiger partial charge in [0.2, 0.25) is 0 Å². The topological polar surface area (TPSA) is 81.3 Å². The van der Waals surface area contributed by atoms with Crippen LogP contribution in [0.5, 0.6) is 0 Å². The number of anilines is 2. The summed E-state index contributed by atoms with van der Waals surface area (Å²) in [4.78, 5) is 13.3. The number of nitrogens with zero attached hydrogens (tertiary/aromatic N) is 2. The summed E-state index contributed by atoms with van der Waals surface area (Å²) in [7, 11) is 0. The summed E-state index contributed by atoms with van der Waals surface area (Å²) >= 11 is 0. The average molecular weight is 348 g/mol. The molecule has 0 saturated heterocycles. The van der Waals surface area contributed by atoms with Crippen LogP contribution in [-0.4, -0.2) is 28.1 Å². The Morgan fingerprint density at radius 3 is 2.77 bits per heavy atom. The fourth-order valence-electron chi connectivity index (χ4n) is 3.48. The van der Waals surface area contributed by atoms with Gasteiger partial charge in [-0.15, -0.1) is 0 Å². The average Bonchev–Trinajstić information content (AvgIpc) is 3.06. The van der Waals surface area contributed by atoms with E-state index in [2.05, 4.69) is 23.7 Å². The number of carbonyl (C=O) groups is 1. The van der Waals surface area contributed by atoms with E-state index in [0.29, 0.717) is 23.9 Å². The molecule has 26 heavy (non-hydrogen) atoms. The van der Waals surface area contributed by atoms with Crippen molar-refractivity contribution in [1.82, 2.24) is 4.57 Å². The largest absolute Gasteiger partial charge is 0.478 e. The second kappa shape index (κ2) is 5.91. The van der Waals surface area contributed by atoms with E-state index >= 15 is 0 Å². The Balaban J connectivity index is 1.74. The van der Waals surface area contributed by atoms with Gasteiger partial charge in [-0.1, -0.05) is 18.2 Å². The van der Waals surface area contributed by atoms with Gasteiger partial charge >= 0.3 is 5.97 Å². The fraction of sp³-hybridized carbons (Fsp3) is 0.200. The van der Waals surface area contributed by atoms with Crippen LogP contribution in [0.2, 0.25) is 0 Å². The first-order chi connectivity index (χ1) is 12.5. The smallest absolute Gasteiger partial charge is 0.336 e. The lowest BCUT2D eigenvalue weighted by Gasteiger charge is -2.32. The standard InChI is InChI=1S/C20H20N4O2/c1-12(2)23-9-8-17-18(21)24(11-22-19(17)23)14-6-7-15-13(10-14)4-3-5-16(15)20(25)26/h3-10,12,21-22H,11H2,1-2H3,(H,25,26). The third kappa shape index (κ3) is 2.42. The van der Waals surface area contributed by atoms with Crippen LogP contribution in [0.4, 0.5) is 11.5 Å². The Morgan fingerprint density at radius 1 is 1.23 bits per heavy atom. The maximum atomic E-state index is 11.4. The summed E-state index contributed by atoms with van der Waals surface area (Å²) < 4.78 is 2.13. The molecule has 4 rings (SSSR count). The van der Waals surface area contributed by atoms with Gasteiger partial charge in [0.15, 0.2) is 0 Å². The highest BCUT2D eigenvalue weighted by Gasteiger charge is 2.25. The van der Waals surface area contributed by atoms with Crippen molar-refractivity contribution in [3.8, 4) is 0 Å². The maximum Gasteiger partial charge on any atom is 0.336 e. The van der Waals surface area contributed by atoms with E-state index in [1.165, 1.54) is 0 Å². The number of carboxylic acids is 1. The molecule has 0 aliphatic carbocycles. The molecule has 1 aliphatic rings. The number of aromatic carboxylic acids is 1. The van der Waals surface area contributed by atoms with E-state index < -0.39 is 5.97 Å². The van der Waals surface area contributed by atoms with E-state index in [1.54, 1.807) is 12.1 Å². The molecule has 0 spiro atoms. The minimum Gasteiger partial charge on any atom is -0.478 e. The Bertz CT molecular complexity index is 1040. The molecule has 0 fully saturated rings. The molecule has 132 valence electrons. The molecule has 0 saturated carbocycles. The summed E-state index contributed by atoms with van der Waals surface area (Å²) in [6.07, 6.45) is 2.00. The third-order valence-electron chi connectivity index (χ3n) is 4.81. The van der Waals surface area contributed by atoms with Crippen molar-refractivity contribution in [3.05, 3.63) is 59.8 Å². The highest BCUT2D eigenvalue weighted by Crippen LogP contribution is 2.31. The first kappa shape index (κ1) is 16.2. The number of rotatable bonds is 3. The first-order valence-corrected chi connectivity index (χ1v) is 8.54. The fourth-order valence-corrected chi connectivity index (χ4v) is 3.48. The summed E-state index contributed by atoms with van der Waals surface area (Å²) in [6.45, 7) is 4.72. The second-order valence-corrected chi connectivity index (χ2v) is 6.71. The van der Waals surface area contributed by atoms with Crippen molar-refractivity contribution >= 4 is 34.1 Å². The van der Waals surface area contributed by atoms with Crippen LogP contribution in [0.25, 0.3) is 10.8 Å². The Labute approximate surface area is 151 Å². The molecule has 1 aromatic heterocycles. The normalized spacial score (nSPS) is 13.8. The molecule has 0 atom stereocenters. The van der Waals surface area contributed by atoms with E-state index in [1.807, 2.05) is 41.4 Å². The predicted octanol–water partition coefficient (Wildman–Crippen LogP) is 4.14. The maximum absolute atomic E-state index is 11.4. The molecular formula is C20H20N4O2. The molecule has 3 aromatic rings. The zero-order chi connectivity index (χ0) is 18.4. The van der Waals surface area contributed by atoms with Gasteiger partial charge < -0.3 is 19.9 Å². The Hall–Kier alpha value is -3.28. The number of carboxylic acid groups (broad SMARTS) is 1. The van der Waals surface area contributed by atoms with Crippen molar-refractivity contribution in [3.63, 3.8) is 0 Å². The summed E-state index contributed by atoms with van der Waals surface area (Å²) in [5.74, 6) is 0.470. The summed E-state index contributed by atoms with van der Waals surface area (Å²) in [5.41, 5.74) is 2.02. The van der Waals surface area contributed by atoms with E-state index in [0.717, 1.165) is 22.5 Å².